The minimum atomic E-state index is 0.285. The van der Waals surface area contributed by atoms with Gasteiger partial charge in [-0.25, -0.2) is 4.98 Å². The summed E-state index contributed by atoms with van der Waals surface area (Å²) in [4.78, 5) is 4.71. The first-order valence-electron chi connectivity index (χ1n) is 14.4. The Morgan fingerprint density at radius 2 is 1.74 bits per heavy atom. The van der Waals surface area contributed by atoms with Crippen molar-refractivity contribution in [2.45, 2.75) is 99.8 Å². The zero-order chi connectivity index (χ0) is 24.5. The standard InChI is InChI=1S/C28H36N2.2C2H6/c1-4-28-16-13-19(2)17-20(28)9-10-21-22-11-12-26(27(22,3)15-14-23(21)28)30-18-29-24-7-5-6-8-25(24)30;2*1-2/h5-9,12,18-19,21-23H,4,10-11,13-17H2,1-3H3;2*1-2H3/t19-,21?,22?,23?,27-,28-;;/m0../s1. The fourth-order valence-electron chi connectivity index (χ4n) is 8.37. The average Bonchev–Trinajstić information content (AvgIpc) is 3.46. The molecule has 6 rings (SSSR count). The summed E-state index contributed by atoms with van der Waals surface area (Å²) in [5.41, 5.74) is 6.56. The third-order valence-electron chi connectivity index (χ3n) is 9.96. The van der Waals surface area contributed by atoms with E-state index < -0.39 is 0 Å². The van der Waals surface area contributed by atoms with Gasteiger partial charge in [-0.3, -0.25) is 0 Å². The molecule has 4 aliphatic carbocycles. The van der Waals surface area contributed by atoms with Crippen LogP contribution in [0, 0.1) is 34.5 Å². The summed E-state index contributed by atoms with van der Waals surface area (Å²) in [5.74, 6) is 3.42. The maximum absolute atomic E-state index is 4.71. The van der Waals surface area contributed by atoms with Gasteiger partial charge in [0.1, 0.15) is 6.33 Å². The zero-order valence-electron chi connectivity index (χ0n) is 22.9. The summed E-state index contributed by atoms with van der Waals surface area (Å²) >= 11 is 0. The Morgan fingerprint density at radius 1 is 0.971 bits per heavy atom. The van der Waals surface area contributed by atoms with E-state index in [1.54, 1.807) is 0 Å². The van der Waals surface area contributed by atoms with Gasteiger partial charge in [-0.1, -0.05) is 78.3 Å². The summed E-state index contributed by atoms with van der Waals surface area (Å²) in [6.07, 6.45) is 18.3. The topological polar surface area (TPSA) is 17.8 Å². The van der Waals surface area contributed by atoms with Crippen LogP contribution in [0.4, 0.5) is 0 Å². The summed E-state index contributed by atoms with van der Waals surface area (Å²) < 4.78 is 2.41. The van der Waals surface area contributed by atoms with E-state index in [4.69, 9.17) is 4.98 Å². The van der Waals surface area contributed by atoms with Crippen LogP contribution in [-0.2, 0) is 0 Å². The number of rotatable bonds is 2. The highest BCUT2D eigenvalue weighted by molar-refractivity contribution is 5.80. The Labute approximate surface area is 208 Å². The molecule has 2 heteroatoms. The molecule has 0 spiro atoms. The Kier molecular flexibility index (Phi) is 7.46. The SMILES string of the molecule is CC.CC.CC[C@]12CC[C@H](C)CC1=CCC1C2CC[C@]2(C)C(n3cnc4ccccc43)=CCC12. The van der Waals surface area contributed by atoms with Gasteiger partial charge in [0.15, 0.2) is 0 Å². The summed E-state index contributed by atoms with van der Waals surface area (Å²) in [7, 11) is 0. The Morgan fingerprint density at radius 3 is 2.50 bits per heavy atom. The molecule has 1 heterocycles. The molecule has 4 aliphatic rings. The van der Waals surface area contributed by atoms with Crippen LogP contribution in [0.5, 0.6) is 0 Å². The van der Waals surface area contributed by atoms with Gasteiger partial charge in [0.05, 0.1) is 11.0 Å². The maximum atomic E-state index is 4.71. The number of imidazole rings is 1. The molecule has 2 fully saturated rings. The first-order chi connectivity index (χ1) is 16.6. The molecule has 34 heavy (non-hydrogen) atoms. The number of hydrogen-bond acceptors (Lipinski definition) is 1. The van der Waals surface area contributed by atoms with Gasteiger partial charge >= 0.3 is 0 Å². The van der Waals surface area contributed by atoms with Crippen LogP contribution in [0.2, 0.25) is 0 Å². The first kappa shape index (κ1) is 25.3. The van der Waals surface area contributed by atoms with Crippen molar-refractivity contribution < 1.29 is 0 Å². The van der Waals surface area contributed by atoms with Crippen molar-refractivity contribution in [1.29, 1.82) is 0 Å². The molecular formula is C32H48N2. The lowest BCUT2D eigenvalue weighted by molar-refractivity contribution is -0.0255. The number of para-hydroxylation sites is 2. The summed E-state index contributed by atoms with van der Waals surface area (Å²) in [6, 6.07) is 8.62. The fourth-order valence-corrected chi connectivity index (χ4v) is 8.37. The number of aromatic nitrogens is 2. The predicted molar refractivity (Wildman–Crippen MR) is 148 cm³/mol. The lowest BCUT2D eigenvalue weighted by Gasteiger charge is -2.59. The first-order valence-corrected chi connectivity index (χ1v) is 14.4. The quantitative estimate of drug-likeness (QED) is 0.408. The van der Waals surface area contributed by atoms with Gasteiger partial charge in [0.2, 0.25) is 0 Å². The molecule has 2 saturated carbocycles. The monoisotopic (exact) mass is 460 g/mol. The number of nitrogens with zero attached hydrogens (tertiary/aromatic N) is 2. The molecule has 3 unspecified atom stereocenters. The maximum Gasteiger partial charge on any atom is 0.100 e. The lowest BCUT2D eigenvalue weighted by atomic mass is 9.46. The van der Waals surface area contributed by atoms with Crippen molar-refractivity contribution in [3.05, 3.63) is 48.3 Å². The van der Waals surface area contributed by atoms with Crippen molar-refractivity contribution in [2.75, 3.05) is 0 Å². The minimum absolute atomic E-state index is 0.285. The molecule has 1 aromatic carbocycles. The average molecular weight is 461 g/mol. The molecule has 2 aromatic rings. The van der Waals surface area contributed by atoms with Gasteiger partial charge in [-0.15, -0.1) is 0 Å². The molecule has 0 saturated heterocycles. The highest BCUT2D eigenvalue weighted by Crippen LogP contribution is 2.66. The molecular weight excluding hydrogens is 412 g/mol. The largest absolute Gasteiger partial charge is 0.302 e. The molecule has 0 amide bonds. The molecule has 0 radical (unpaired) electrons. The highest BCUT2D eigenvalue weighted by Gasteiger charge is 2.57. The highest BCUT2D eigenvalue weighted by atomic mass is 15.1. The van der Waals surface area contributed by atoms with Crippen molar-refractivity contribution in [1.82, 2.24) is 9.55 Å². The van der Waals surface area contributed by atoms with E-state index in [1.165, 1.54) is 62.6 Å². The number of benzene rings is 1. The second-order valence-electron chi connectivity index (χ2n) is 11.1. The van der Waals surface area contributed by atoms with E-state index in [0.717, 1.165) is 29.2 Å². The van der Waals surface area contributed by atoms with E-state index in [1.807, 2.05) is 33.3 Å². The van der Waals surface area contributed by atoms with E-state index in [-0.39, 0.29) is 5.41 Å². The third-order valence-corrected chi connectivity index (χ3v) is 9.96. The van der Waals surface area contributed by atoms with Crippen LogP contribution < -0.4 is 0 Å². The van der Waals surface area contributed by atoms with Crippen LogP contribution in [-0.4, -0.2) is 9.55 Å². The molecule has 2 nitrogen and oxygen atoms in total. The van der Waals surface area contributed by atoms with Crippen molar-refractivity contribution in [3.8, 4) is 0 Å². The fraction of sp³-hybridized carbons (Fsp3) is 0.656. The normalized spacial score (nSPS) is 36.0. The van der Waals surface area contributed by atoms with Gasteiger partial charge in [-0.05, 0) is 92.6 Å². The molecule has 0 aliphatic heterocycles. The molecule has 1 aromatic heterocycles. The van der Waals surface area contributed by atoms with Gasteiger partial charge in [0.25, 0.3) is 0 Å². The Balaban J connectivity index is 0.000000652. The van der Waals surface area contributed by atoms with Crippen molar-refractivity contribution in [2.24, 2.45) is 34.5 Å². The van der Waals surface area contributed by atoms with Crippen molar-refractivity contribution in [3.63, 3.8) is 0 Å². The smallest absolute Gasteiger partial charge is 0.100 e. The molecule has 6 atom stereocenters. The van der Waals surface area contributed by atoms with E-state index in [9.17, 15) is 0 Å². The van der Waals surface area contributed by atoms with Crippen LogP contribution in [0.3, 0.4) is 0 Å². The number of hydrogen-bond donors (Lipinski definition) is 0. The van der Waals surface area contributed by atoms with Crippen LogP contribution in [0.1, 0.15) is 99.8 Å². The van der Waals surface area contributed by atoms with Crippen molar-refractivity contribution >= 4 is 16.7 Å². The Bertz CT molecular complexity index is 1040. The second kappa shape index (κ2) is 10.0. The van der Waals surface area contributed by atoms with Crippen LogP contribution in [0.15, 0.2) is 48.3 Å². The Hall–Kier alpha value is -1.83. The minimum Gasteiger partial charge on any atom is -0.302 e. The third kappa shape index (κ3) is 3.71. The van der Waals surface area contributed by atoms with Gasteiger partial charge in [0, 0.05) is 11.1 Å². The van der Waals surface area contributed by atoms with E-state index >= 15 is 0 Å². The van der Waals surface area contributed by atoms with Crippen LogP contribution in [0.25, 0.3) is 16.7 Å². The zero-order valence-corrected chi connectivity index (χ0v) is 22.9. The lowest BCUT2D eigenvalue weighted by Crippen LogP contribution is -2.50. The summed E-state index contributed by atoms with van der Waals surface area (Å²) in [5, 5.41) is 0. The van der Waals surface area contributed by atoms with Crippen LogP contribution >= 0.6 is 0 Å². The second-order valence-corrected chi connectivity index (χ2v) is 11.1. The molecule has 0 bridgehead atoms. The van der Waals surface area contributed by atoms with E-state index in [0.29, 0.717) is 5.41 Å². The number of allylic oxidation sites excluding steroid dienone is 4. The van der Waals surface area contributed by atoms with Gasteiger partial charge in [-0.2, -0.15) is 0 Å². The molecule has 0 N–H and O–H groups in total. The van der Waals surface area contributed by atoms with E-state index in [2.05, 4.69) is 68.1 Å². The molecule has 186 valence electrons. The predicted octanol–water partition coefficient (Wildman–Crippen LogP) is 9.53. The summed E-state index contributed by atoms with van der Waals surface area (Å²) in [6.45, 7) is 15.5. The van der Waals surface area contributed by atoms with Gasteiger partial charge < -0.3 is 4.57 Å². The number of fused-ring (bicyclic) bond motifs is 6.